The number of hydrogen-bond acceptors (Lipinski definition) is 6. The number of amides is 1. The van der Waals surface area contributed by atoms with Crippen molar-refractivity contribution in [3.8, 4) is 11.5 Å². The van der Waals surface area contributed by atoms with E-state index in [1.54, 1.807) is 48.5 Å². The van der Waals surface area contributed by atoms with Crippen molar-refractivity contribution in [3.63, 3.8) is 0 Å². The largest absolute Gasteiger partial charge is 0.494 e. The Bertz CT molecular complexity index is 1490. The Labute approximate surface area is 258 Å². The van der Waals surface area contributed by atoms with Gasteiger partial charge >= 0.3 is 11.9 Å². The number of benzene rings is 4. The Balaban J connectivity index is 1.27. The summed E-state index contributed by atoms with van der Waals surface area (Å²) in [6, 6.07) is 31.8. The number of para-hydroxylation sites is 3. The number of anilines is 2. The van der Waals surface area contributed by atoms with Crippen molar-refractivity contribution < 1.29 is 29.0 Å². The van der Waals surface area contributed by atoms with Gasteiger partial charge < -0.3 is 24.8 Å². The van der Waals surface area contributed by atoms with Gasteiger partial charge in [0.25, 0.3) is 0 Å². The van der Waals surface area contributed by atoms with Gasteiger partial charge in [0.05, 0.1) is 17.9 Å². The predicted molar refractivity (Wildman–Crippen MR) is 171 cm³/mol. The number of carboxylic acid groups (broad SMARTS) is 1. The molecule has 0 heterocycles. The molecule has 8 heteroatoms. The Hall–Kier alpha value is -5.11. The molecule has 1 amide bonds. The second-order valence-corrected chi connectivity index (χ2v) is 10.3. The number of carbonyl (C=O) groups excluding carboxylic acids is 2. The number of aliphatic carboxylic acids is 1. The fraction of sp³-hybridized carbons (Fsp3) is 0.250. The van der Waals surface area contributed by atoms with E-state index in [4.69, 9.17) is 9.47 Å². The minimum Gasteiger partial charge on any atom is -0.494 e. The Morgan fingerprint density at radius 3 is 2.18 bits per heavy atom. The number of rotatable bonds is 16. The highest BCUT2D eigenvalue weighted by Crippen LogP contribution is 2.27. The molecule has 0 aliphatic rings. The van der Waals surface area contributed by atoms with Crippen molar-refractivity contribution in [3.05, 3.63) is 120 Å². The molecular weight excluding hydrogens is 556 g/mol. The molecule has 0 aliphatic carbocycles. The molecule has 44 heavy (non-hydrogen) atoms. The van der Waals surface area contributed by atoms with Crippen molar-refractivity contribution in [1.29, 1.82) is 0 Å². The number of carbonyl (C=O) groups is 3. The van der Waals surface area contributed by atoms with E-state index in [2.05, 4.69) is 5.32 Å². The van der Waals surface area contributed by atoms with Crippen LogP contribution in [0.5, 0.6) is 11.5 Å². The Morgan fingerprint density at radius 2 is 1.50 bits per heavy atom. The van der Waals surface area contributed by atoms with Crippen molar-refractivity contribution in [2.24, 2.45) is 0 Å². The molecule has 4 aromatic rings. The number of ether oxygens (including phenoxy) is 2. The first-order valence-corrected chi connectivity index (χ1v) is 14.9. The van der Waals surface area contributed by atoms with Gasteiger partial charge in [0.2, 0.25) is 5.91 Å². The monoisotopic (exact) mass is 594 g/mol. The second kappa shape index (κ2) is 16.5. The topological polar surface area (TPSA) is 105 Å². The zero-order valence-corrected chi connectivity index (χ0v) is 24.9. The van der Waals surface area contributed by atoms with Gasteiger partial charge in [-0.05, 0) is 79.8 Å². The molecule has 2 N–H and O–H groups in total. The first-order valence-electron chi connectivity index (χ1n) is 14.9. The van der Waals surface area contributed by atoms with E-state index in [1.165, 1.54) is 0 Å². The van der Waals surface area contributed by atoms with Crippen molar-refractivity contribution in [1.82, 2.24) is 0 Å². The molecule has 0 aliphatic heterocycles. The van der Waals surface area contributed by atoms with E-state index in [9.17, 15) is 19.5 Å². The summed E-state index contributed by atoms with van der Waals surface area (Å²) in [5.41, 5.74) is 2.69. The quantitative estimate of drug-likeness (QED) is 0.0817. The predicted octanol–water partition coefficient (Wildman–Crippen LogP) is 7.01. The van der Waals surface area contributed by atoms with E-state index in [-0.39, 0.29) is 11.7 Å². The van der Waals surface area contributed by atoms with E-state index in [1.807, 2.05) is 72.5 Å². The van der Waals surface area contributed by atoms with Gasteiger partial charge in [0, 0.05) is 18.7 Å². The first-order chi connectivity index (χ1) is 21.4. The Morgan fingerprint density at radius 1 is 0.841 bits per heavy atom. The smallest absolute Gasteiger partial charge is 0.343 e. The molecule has 0 saturated heterocycles. The lowest BCUT2D eigenvalue weighted by Crippen LogP contribution is -2.32. The minimum absolute atomic E-state index is 0.105. The molecule has 1 unspecified atom stereocenters. The van der Waals surface area contributed by atoms with Crippen LogP contribution in [-0.2, 0) is 16.0 Å². The van der Waals surface area contributed by atoms with Crippen LogP contribution in [-0.4, -0.2) is 42.1 Å². The lowest BCUT2D eigenvalue weighted by molar-refractivity contribution is -0.138. The van der Waals surface area contributed by atoms with Gasteiger partial charge in [0.1, 0.15) is 11.8 Å². The maximum Gasteiger partial charge on any atom is 0.343 e. The first kappa shape index (κ1) is 31.8. The Kier molecular flexibility index (Phi) is 11.9. The third kappa shape index (κ3) is 9.46. The molecule has 1 atom stereocenters. The molecule has 0 saturated carbocycles. The number of nitrogens with zero attached hydrogens (tertiary/aromatic N) is 1. The van der Waals surface area contributed by atoms with Crippen LogP contribution in [0.2, 0.25) is 0 Å². The normalized spacial score (nSPS) is 11.3. The lowest BCUT2D eigenvalue weighted by Gasteiger charge is -2.23. The summed E-state index contributed by atoms with van der Waals surface area (Å²) < 4.78 is 11.5. The third-order valence-electron chi connectivity index (χ3n) is 7.00. The summed E-state index contributed by atoms with van der Waals surface area (Å²) in [6.07, 6.45) is 2.81. The summed E-state index contributed by atoms with van der Waals surface area (Å²) in [4.78, 5) is 39.1. The molecule has 0 bridgehead atoms. The van der Waals surface area contributed by atoms with Crippen LogP contribution < -0.4 is 19.7 Å². The van der Waals surface area contributed by atoms with E-state index in [0.717, 1.165) is 17.7 Å². The molecule has 228 valence electrons. The zero-order valence-electron chi connectivity index (χ0n) is 24.9. The molecule has 0 aromatic heterocycles. The van der Waals surface area contributed by atoms with E-state index < -0.39 is 18.0 Å². The van der Waals surface area contributed by atoms with Gasteiger partial charge in [-0.1, -0.05) is 67.6 Å². The molecular formula is C36H38N2O6. The van der Waals surface area contributed by atoms with E-state index >= 15 is 0 Å². The summed E-state index contributed by atoms with van der Waals surface area (Å²) in [5.74, 6) is -0.449. The summed E-state index contributed by atoms with van der Waals surface area (Å²) in [7, 11) is 0. The van der Waals surface area contributed by atoms with Crippen LogP contribution in [0.1, 0.15) is 48.5 Å². The maximum atomic E-state index is 12.6. The summed E-state index contributed by atoms with van der Waals surface area (Å²) >= 11 is 0. The van der Waals surface area contributed by atoms with Gasteiger partial charge in [-0.2, -0.15) is 0 Å². The lowest BCUT2D eigenvalue weighted by atomic mass is 10.0. The molecule has 4 aromatic carbocycles. The van der Waals surface area contributed by atoms with Crippen molar-refractivity contribution in [2.75, 3.05) is 23.4 Å². The number of carboxylic acids is 1. The minimum atomic E-state index is -1.00. The van der Waals surface area contributed by atoms with Gasteiger partial charge in [-0.25, -0.2) is 9.59 Å². The second-order valence-electron chi connectivity index (χ2n) is 10.3. The number of aryl methyl sites for hydroxylation is 1. The molecule has 0 spiro atoms. The maximum absolute atomic E-state index is 12.6. The van der Waals surface area contributed by atoms with Gasteiger partial charge in [-0.3, -0.25) is 4.79 Å². The highest BCUT2D eigenvalue weighted by atomic mass is 16.5. The van der Waals surface area contributed by atoms with Crippen LogP contribution in [0.15, 0.2) is 109 Å². The van der Waals surface area contributed by atoms with Gasteiger partial charge in [0.15, 0.2) is 5.75 Å². The zero-order chi connectivity index (χ0) is 31.1. The highest BCUT2D eigenvalue weighted by molar-refractivity contribution is 5.93. The van der Waals surface area contributed by atoms with E-state index in [0.29, 0.717) is 55.8 Å². The molecule has 0 radical (unpaired) electrons. The van der Waals surface area contributed by atoms with Crippen LogP contribution in [0.4, 0.5) is 11.4 Å². The molecule has 8 nitrogen and oxygen atoms in total. The fourth-order valence-corrected chi connectivity index (χ4v) is 4.68. The fourth-order valence-electron chi connectivity index (χ4n) is 4.68. The standard InChI is InChI=1S/C36H38N2O6/c1-2-12-34(39)38(29-15-7-4-8-16-29)25-11-26-43-30-22-19-27(20-23-30)21-24-32(35(40)41)37-31-17-9-10-18-33(31)44-36(42)28-13-5-3-6-14-28/h3-10,13-20,22-23,32,37H,2,11-12,21,24-26H2,1H3,(H,40,41). The summed E-state index contributed by atoms with van der Waals surface area (Å²) in [5, 5.41) is 12.9. The van der Waals surface area contributed by atoms with Crippen LogP contribution in [0.25, 0.3) is 0 Å². The number of nitrogens with one attached hydrogen (secondary N) is 1. The van der Waals surface area contributed by atoms with Crippen LogP contribution >= 0.6 is 0 Å². The van der Waals surface area contributed by atoms with Gasteiger partial charge in [-0.15, -0.1) is 0 Å². The number of hydrogen-bond donors (Lipinski definition) is 2. The average Bonchev–Trinajstić information content (AvgIpc) is 3.05. The molecule has 4 rings (SSSR count). The van der Waals surface area contributed by atoms with Crippen molar-refractivity contribution in [2.45, 2.75) is 45.1 Å². The SMILES string of the molecule is CCCC(=O)N(CCCOc1ccc(CCC(Nc2ccccc2OC(=O)c2ccccc2)C(=O)O)cc1)c1ccccc1. The summed E-state index contributed by atoms with van der Waals surface area (Å²) in [6.45, 7) is 3.03. The number of esters is 1. The van der Waals surface area contributed by atoms with Crippen LogP contribution in [0, 0.1) is 0 Å². The third-order valence-corrected chi connectivity index (χ3v) is 7.00. The van der Waals surface area contributed by atoms with Crippen LogP contribution in [0.3, 0.4) is 0 Å². The molecule has 0 fully saturated rings. The average molecular weight is 595 g/mol. The highest BCUT2D eigenvalue weighted by Gasteiger charge is 2.20. The van der Waals surface area contributed by atoms with Crippen molar-refractivity contribution >= 4 is 29.2 Å².